The predicted molar refractivity (Wildman–Crippen MR) is 113 cm³/mol. The van der Waals surface area contributed by atoms with Crippen LogP contribution in [0, 0.1) is 0 Å². The third kappa shape index (κ3) is 3.59. The summed E-state index contributed by atoms with van der Waals surface area (Å²) in [7, 11) is 1.62. The molecular weight excluding hydrogens is 372 g/mol. The van der Waals surface area contributed by atoms with E-state index >= 15 is 0 Å². The number of halogens is 1. The van der Waals surface area contributed by atoms with Crippen molar-refractivity contribution in [1.29, 1.82) is 0 Å². The van der Waals surface area contributed by atoms with Crippen LogP contribution in [-0.2, 0) is 0 Å². The van der Waals surface area contributed by atoms with Gasteiger partial charge >= 0.3 is 0 Å². The molecule has 0 bridgehead atoms. The van der Waals surface area contributed by atoms with Crippen molar-refractivity contribution in [3.8, 4) is 5.75 Å². The number of benzene rings is 3. The Morgan fingerprint density at radius 1 is 1.04 bits per heavy atom. The largest absolute Gasteiger partial charge is 0.497 e. The molecule has 140 valence electrons. The lowest BCUT2D eigenvalue weighted by Crippen LogP contribution is -2.21. The highest BCUT2D eigenvalue weighted by atomic mass is 35.5. The molecule has 4 rings (SSSR count). The van der Waals surface area contributed by atoms with Gasteiger partial charge in [-0.25, -0.2) is 0 Å². The molecule has 3 aromatic carbocycles. The van der Waals surface area contributed by atoms with Gasteiger partial charge in [0.15, 0.2) is 5.78 Å². The number of aromatic amines is 1. The lowest BCUT2D eigenvalue weighted by molar-refractivity contribution is 0.0971. The van der Waals surface area contributed by atoms with Crippen LogP contribution in [0.2, 0.25) is 5.02 Å². The van der Waals surface area contributed by atoms with Gasteiger partial charge in [-0.15, -0.1) is 0 Å². The van der Waals surface area contributed by atoms with Crippen LogP contribution < -0.4 is 10.1 Å². The van der Waals surface area contributed by atoms with Crippen LogP contribution in [0.1, 0.15) is 22.0 Å². The molecule has 0 amide bonds. The first-order valence-electron chi connectivity index (χ1n) is 8.92. The fourth-order valence-corrected chi connectivity index (χ4v) is 3.45. The summed E-state index contributed by atoms with van der Waals surface area (Å²) in [5.74, 6) is 0.686. The number of Topliss-reactive ketones (excluding diaryl/α,β-unsaturated/α-hetero) is 1. The maximum atomic E-state index is 13.5. The van der Waals surface area contributed by atoms with Crippen molar-refractivity contribution in [2.75, 3.05) is 12.4 Å². The van der Waals surface area contributed by atoms with Crippen molar-refractivity contribution in [3.63, 3.8) is 0 Å². The van der Waals surface area contributed by atoms with Crippen molar-refractivity contribution >= 4 is 34.0 Å². The first kappa shape index (κ1) is 18.1. The first-order chi connectivity index (χ1) is 13.7. The highest BCUT2D eigenvalue weighted by Crippen LogP contribution is 2.30. The second-order valence-corrected chi connectivity index (χ2v) is 6.91. The van der Waals surface area contributed by atoms with Gasteiger partial charge in [0.1, 0.15) is 11.8 Å². The molecule has 0 saturated carbocycles. The standard InChI is InChI=1S/C23H19ClN2O2/c1-28-18-9-5-8-17(13-18)26-22(15-6-3-2-4-7-15)23(27)20-14-25-21-11-10-16(24)12-19(20)21/h2-14,22,25-26H,1H3. The SMILES string of the molecule is COc1cccc(NC(C(=O)c2c[nH]c3ccc(Cl)cc23)c2ccccc2)c1. The summed E-state index contributed by atoms with van der Waals surface area (Å²) in [6.45, 7) is 0. The Balaban J connectivity index is 1.76. The summed E-state index contributed by atoms with van der Waals surface area (Å²) in [6.07, 6.45) is 1.74. The molecule has 0 fully saturated rings. The quantitative estimate of drug-likeness (QED) is 0.405. The molecule has 5 heteroatoms. The summed E-state index contributed by atoms with van der Waals surface area (Å²) in [4.78, 5) is 16.7. The number of hydrogen-bond acceptors (Lipinski definition) is 3. The third-order valence-electron chi connectivity index (χ3n) is 4.69. The Kier molecular flexibility index (Phi) is 5.04. The summed E-state index contributed by atoms with van der Waals surface area (Å²) >= 11 is 6.16. The zero-order chi connectivity index (χ0) is 19.5. The van der Waals surface area contributed by atoms with Crippen LogP contribution in [-0.4, -0.2) is 17.9 Å². The molecule has 0 aliphatic heterocycles. The molecule has 0 saturated heterocycles. The zero-order valence-corrected chi connectivity index (χ0v) is 16.0. The van der Waals surface area contributed by atoms with Crippen molar-refractivity contribution in [2.45, 2.75) is 6.04 Å². The Morgan fingerprint density at radius 2 is 1.86 bits per heavy atom. The molecule has 4 aromatic rings. The minimum absolute atomic E-state index is 0.0393. The molecule has 1 atom stereocenters. The van der Waals surface area contributed by atoms with Gasteiger partial charge in [0.05, 0.1) is 7.11 Å². The molecule has 0 aliphatic rings. The lowest BCUT2D eigenvalue weighted by atomic mass is 9.96. The lowest BCUT2D eigenvalue weighted by Gasteiger charge is -2.19. The Hall–Kier alpha value is -3.24. The summed E-state index contributed by atoms with van der Waals surface area (Å²) < 4.78 is 5.30. The van der Waals surface area contributed by atoms with Gasteiger partial charge in [0.2, 0.25) is 0 Å². The molecule has 1 heterocycles. The van der Waals surface area contributed by atoms with Crippen LogP contribution in [0.3, 0.4) is 0 Å². The number of rotatable bonds is 6. The van der Waals surface area contributed by atoms with Crippen LogP contribution in [0.25, 0.3) is 10.9 Å². The monoisotopic (exact) mass is 390 g/mol. The van der Waals surface area contributed by atoms with Crippen LogP contribution in [0.5, 0.6) is 5.75 Å². The Bertz CT molecular complexity index is 1120. The number of hydrogen-bond donors (Lipinski definition) is 2. The van der Waals surface area contributed by atoms with Gasteiger partial charge < -0.3 is 15.0 Å². The average Bonchev–Trinajstić information content (AvgIpc) is 3.15. The fraction of sp³-hybridized carbons (Fsp3) is 0.0870. The number of ether oxygens (including phenoxy) is 1. The number of anilines is 1. The normalized spacial score (nSPS) is 11.9. The second kappa shape index (κ2) is 7.79. The summed E-state index contributed by atoms with van der Waals surface area (Å²) in [5.41, 5.74) is 3.16. The van der Waals surface area contributed by atoms with E-state index in [1.54, 1.807) is 19.4 Å². The van der Waals surface area contributed by atoms with E-state index in [1.807, 2.05) is 66.7 Å². The van der Waals surface area contributed by atoms with Gasteiger partial charge in [-0.3, -0.25) is 4.79 Å². The number of carbonyl (C=O) groups excluding carboxylic acids is 1. The second-order valence-electron chi connectivity index (χ2n) is 6.48. The highest BCUT2D eigenvalue weighted by molar-refractivity contribution is 6.31. The molecular formula is C23H19ClN2O2. The van der Waals surface area contributed by atoms with Crippen molar-refractivity contribution in [3.05, 3.63) is 95.1 Å². The van der Waals surface area contributed by atoms with Crippen molar-refractivity contribution < 1.29 is 9.53 Å². The van der Waals surface area contributed by atoms with E-state index in [0.29, 0.717) is 10.6 Å². The summed E-state index contributed by atoms with van der Waals surface area (Å²) in [6, 6.07) is 22.2. The molecule has 0 spiro atoms. The molecule has 2 N–H and O–H groups in total. The van der Waals surface area contributed by atoms with E-state index < -0.39 is 6.04 Å². The number of carbonyl (C=O) groups is 1. The molecule has 0 radical (unpaired) electrons. The van der Waals surface area contributed by atoms with Gasteiger partial charge in [-0.1, -0.05) is 48.0 Å². The zero-order valence-electron chi connectivity index (χ0n) is 15.3. The van der Waals surface area contributed by atoms with E-state index in [1.165, 1.54) is 0 Å². The molecule has 1 aromatic heterocycles. The van der Waals surface area contributed by atoms with E-state index in [-0.39, 0.29) is 5.78 Å². The van der Waals surface area contributed by atoms with Gasteiger partial charge in [-0.05, 0) is 35.9 Å². The molecule has 4 nitrogen and oxygen atoms in total. The number of ketones is 1. The highest BCUT2D eigenvalue weighted by Gasteiger charge is 2.24. The van der Waals surface area contributed by atoms with Crippen LogP contribution in [0.15, 0.2) is 79.0 Å². The molecule has 0 aliphatic carbocycles. The van der Waals surface area contributed by atoms with Gasteiger partial charge in [0.25, 0.3) is 0 Å². The number of H-pyrrole nitrogens is 1. The average molecular weight is 391 g/mol. The van der Waals surface area contributed by atoms with Crippen LogP contribution in [0.4, 0.5) is 5.69 Å². The van der Waals surface area contributed by atoms with E-state index in [4.69, 9.17) is 16.3 Å². The minimum Gasteiger partial charge on any atom is -0.497 e. The number of fused-ring (bicyclic) bond motifs is 1. The molecule has 28 heavy (non-hydrogen) atoms. The number of aromatic nitrogens is 1. The van der Waals surface area contributed by atoms with Gasteiger partial charge in [-0.2, -0.15) is 0 Å². The van der Waals surface area contributed by atoms with Gasteiger partial charge in [0, 0.05) is 39.4 Å². The van der Waals surface area contributed by atoms with Crippen molar-refractivity contribution in [1.82, 2.24) is 4.98 Å². The van der Waals surface area contributed by atoms with E-state index in [0.717, 1.165) is 27.9 Å². The van der Waals surface area contributed by atoms with Crippen molar-refractivity contribution in [2.24, 2.45) is 0 Å². The smallest absolute Gasteiger partial charge is 0.191 e. The minimum atomic E-state index is -0.550. The Labute approximate surface area is 168 Å². The molecule has 1 unspecified atom stereocenters. The number of nitrogens with one attached hydrogen (secondary N) is 2. The topological polar surface area (TPSA) is 54.1 Å². The Morgan fingerprint density at radius 3 is 2.64 bits per heavy atom. The van der Waals surface area contributed by atoms with Crippen LogP contribution >= 0.6 is 11.6 Å². The van der Waals surface area contributed by atoms with E-state index in [2.05, 4.69) is 10.3 Å². The predicted octanol–water partition coefficient (Wildman–Crippen LogP) is 5.87. The van der Waals surface area contributed by atoms with E-state index in [9.17, 15) is 4.79 Å². The fourth-order valence-electron chi connectivity index (χ4n) is 3.28. The summed E-state index contributed by atoms with van der Waals surface area (Å²) in [5, 5.41) is 4.77. The maximum Gasteiger partial charge on any atom is 0.191 e. The number of methoxy groups -OCH3 is 1. The maximum absolute atomic E-state index is 13.5. The third-order valence-corrected chi connectivity index (χ3v) is 4.92. The first-order valence-corrected chi connectivity index (χ1v) is 9.30.